The van der Waals surface area contributed by atoms with Gasteiger partial charge in [-0.2, -0.15) is 0 Å². The quantitative estimate of drug-likeness (QED) is 0.116. The van der Waals surface area contributed by atoms with Crippen molar-refractivity contribution in [1.29, 1.82) is 0 Å². The number of ether oxygens (including phenoxy) is 1. The van der Waals surface area contributed by atoms with Gasteiger partial charge in [0, 0.05) is 55.9 Å². The Morgan fingerprint density at radius 3 is 2.35 bits per heavy atom. The molecule has 0 spiro atoms. The highest BCUT2D eigenvalue weighted by Gasteiger charge is 2.49. The molecule has 3 unspecified atom stereocenters. The number of carbonyl (C=O) groups excluding carboxylic acids is 6. The first-order valence-electron chi connectivity index (χ1n) is 14.9. The maximum Gasteiger partial charge on any atom is 0.407 e. The lowest BCUT2D eigenvalue weighted by molar-refractivity contribution is -0.197. The van der Waals surface area contributed by atoms with Gasteiger partial charge in [0.25, 0.3) is 11.8 Å². The van der Waals surface area contributed by atoms with Crippen LogP contribution in [-0.2, 0) is 33.5 Å². The first-order valence-corrected chi connectivity index (χ1v) is 18.4. The second-order valence-corrected chi connectivity index (χ2v) is 14.8. The number of hydroxylamine groups is 2. The van der Waals surface area contributed by atoms with E-state index in [0.29, 0.717) is 23.4 Å². The van der Waals surface area contributed by atoms with Gasteiger partial charge in [-0.3, -0.25) is 19.2 Å². The largest absolute Gasteiger partial charge is 0.449 e. The molecule has 4 amide bonds. The second kappa shape index (κ2) is 17.2. The van der Waals surface area contributed by atoms with E-state index in [4.69, 9.17) is 9.57 Å². The fourth-order valence-electron chi connectivity index (χ4n) is 5.52. The van der Waals surface area contributed by atoms with E-state index in [1.807, 2.05) is 21.6 Å². The Morgan fingerprint density at radius 1 is 1.00 bits per heavy atom. The van der Waals surface area contributed by atoms with Crippen LogP contribution in [0.4, 0.5) is 4.79 Å². The molecular weight excluding hydrogens is 615 g/mol. The predicted molar refractivity (Wildman–Crippen MR) is 164 cm³/mol. The predicted octanol–water partition coefficient (Wildman–Crippen LogP) is 3.47. The molecule has 236 valence electrons. The van der Waals surface area contributed by atoms with E-state index < -0.39 is 41.5 Å². The third-order valence-electron chi connectivity index (χ3n) is 8.02. The number of fused-ring (bicyclic) bond motifs is 1. The monoisotopic (exact) mass is 653 g/mol. The molecule has 4 aliphatic rings. The molecule has 2 N–H and O–H groups in total. The average molecular weight is 654 g/mol. The fraction of sp³-hybridized carbons (Fsp3) is 0.724. The maximum absolute atomic E-state index is 13.0. The summed E-state index contributed by atoms with van der Waals surface area (Å²) >= 11 is 0.815. The van der Waals surface area contributed by atoms with Gasteiger partial charge in [0.05, 0.1) is 13.0 Å². The molecule has 2 aliphatic carbocycles. The molecule has 2 aliphatic heterocycles. The Labute approximate surface area is 264 Å². The smallest absolute Gasteiger partial charge is 0.407 e. The number of imide groups is 1. The van der Waals surface area contributed by atoms with Crippen molar-refractivity contribution in [2.24, 2.45) is 23.7 Å². The standard InChI is InChI=1S/C29H39N3O8S3/c33-24(30-13-6-5-7-19-17-42-43-18-19)12-14-41-28(37)23(15-27(36)40-32-25(34)10-11-26(32)35)31-29(38)39-16-22-20-8-3-1-2-4-9-21(20)22/h19-23H,3-18H2,(H,30,33)(H,31,38). The summed E-state index contributed by atoms with van der Waals surface area (Å²) in [5.74, 6) is 8.27. The second-order valence-electron chi connectivity index (χ2n) is 11.2. The zero-order chi connectivity index (χ0) is 30.6. The van der Waals surface area contributed by atoms with E-state index in [-0.39, 0.29) is 43.4 Å². The minimum atomic E-state index is -1.32. The van der Waals surface area contributed by atoms with E-state index in [2.05, 4.69) is 22.5 Å². The van der Waals surface area contributed by atoms with Crippen molar-refractivity contribution >= 4 is 68.2 Å². The Bertz CT molecular complexity index is 1090. The summed E-state index contributed by atoms with van der Waals surface area (Å²) in [6, 6.07) is -1.32. The molecule has 0 aromatic heterocycles. The number of carbonyl (C=O) groups is 6. The van der Waals surface area contributed by atoms with Crippen LogP contribution in [0.25, 0.3) is 0 Å². The molecule has 1 saturated carbocycles. The van der Waals surface area contributed by atoms with Crippen molar-refractivity contribution in [3.8, 4) is 11.8 Å². The molecule has 0 radical (unpaired) electrons. The third-order valence-corrected chi connectivity index (χ3v) is 11.7. The van der Waals surface area contributed by atoms with Gasteiger partial charge in [-0.25, -0.2) is 9.59 Å². The molecule has 0 bridgehead atoms. The van der Waals surface area contributed by atoms with E-state index >= 15 is 0 Å². The van der Waals surface area contributed by atoms with E-state index in [9.17, 15) is 28.8 Å². The first kappa shape index (κ1) is 33.5. The van der Waals surface area contributed by atoms with Crippen LogP contribution < -0.4 is 10.6 Å². The highest BCUT2D eigenvalue weighted by Crippen LogP contribution is 2.52. The van der Waals surface area contributed by atoms with Crippen LogP contribution in [0.5, 0.6) is 0 Å². The topological polar surface area (TPSA) is 148 Å². The lowest BCUT2D eigenvalue weighted by Crippen LogP contribution is -2.43. The van der Waals surface area contributed by atoms with Gasteiger partial charge in [-0.1, -0.05) is 39.8 Å². The van der Waals surface area contributed by atoms with Gasteiger partial charge in [-0.05, 0) is 49.4 Å². The molecule has 2 saturated heterocycles. The number of alkyl carbamates (subject to hydrolysis) is 1. The minimum Gasteiger partial charge on any atom is -0.449 e. The van der Waals surface area contributed by atoms with Gasteiger partial charge in [0.1, 0.15) is 6.04 Å². The molecular formula is C29H39N3O8S3. The van der Waals surface area contributed by atoms with Crippen LogP contribution in [0.2, 0.25) is 0 Å². The molecule has 0 aromatic rings. The summed E-state index contributed by atoms with van der Waals surface area (Å²) in [4.78, 5) is 79.0. The van der Waals surface area contributed by atoms with Crippen molar-refractivity contribution < 1.29 is 38.3 Å². The Balaban J connectivity index is 1.20. The van der Waals surface area contributed by atoms with Crippen LogP contribution in [0.1, 0.15) is 70.6 Å². The molecule has 0 aromatic carbocycles. The molecule has 3 atom stereocenters. The number of thioether (sulfide) groups is 1. The molecule has 11 nitrogen and oxygen atoms in total. The number of rotatable bonds is 15. The number of hydrogen-bond donors (Lipinski definition) is 2. The summed E-state index contributed by atoms with van der Waals surface area (Å²) in [6.07, 6.45) is 5.25. The Kier molecular flexibility index (Phi) is 13.4. The molecule has 4 rings (SSSR count). The number of hydrogen-bond acceptors (Lipinski definition) is 11. The first-order chi connectivity index (χ1) is 20.8. The zero-order valence-electron chi connectivity index (χ0n) is 24.1. The van der Waals surface area contributed by atoms with Crippen molar-refractivity contribution in [1.82, 2.24) is 15.7 Å². The van der Waals surface area contributed by atoms with E-state index in [1.165, 1.54) is 11.5 Å². The fourth-order valence-corrected chi connectivity index (χ4v) is 9.38. The number of unbranched alkanes of at least 4 members (excludes halogenated alkanes) is 1. The normalized spacial score (nSPS) is 23.7. The van der Waals surface area contributed by atoms with Crippen LogP contribution in [0.3, 0.4) is 0 Å². The summed E-state index contributed by atoms with van der Waals surface area (Å²) < 4.78 is 5.42. The van der Waals surface area contributed by atoms with Gasteiger partial charge in [0.15, 0.2) is 0 Å². The summed E-state index contributed by atoms with van der Waals surface area (Å²) in [5, 5.41) is 5.16. The maximum atomic E-state index is 13.0. The van der Waals surface area contributed by atoms with Crippen molar-refractivity contribution in [3.63, 3.8) is 0 Å². The van der Waals surface area contributed by atoms with E-state index in [0.717, 1.165) is 62.6 Å². The Morgan fingerprint density at radius 2 is 1.67 bits per heavy atom. The highest BCUT2D eigenvalue weighted by atomic mass is 33.1. The Hall–Kier alpha value is -2.37. The van der Waals surface area contributed by atoms with E-state index in [1.54, 1.807) is 0 Å². The zero-order valence-corrected chi connectivity index (χ0v) is 26.6. The molecule has 14 heteroatoms. The third kappa shape index (κ3) is 10.9. The van der Waals surface area contributed by atoms with Gasteiger partial charge in [-0.15, -0.1) is 16.9 Å². The van der Waals surface area contributed by atoms with Crippen LogP contribution in [0, 0.1) is 35.5 Å². The highest BCUT2D eigenvalue weighted by molar-refractivity contribution is 8.77. The average Bonchev–Trinajstić information content (AvgIpc) is 3.23. The lowest BCUT2D eigenvalue weighted by atomic mass is 10.1. The van der Waals surface area contributed by atoms with Gasteiger partial charge in [0.2, 0.25) is 11.0 Å². The lowest BCUT2D eigenvalue weighted by Gasteiger charge is -2.18. The molecule has 2 heterocycles. The van der Waals surface area contributed by atoms with Crippen LogP contribution >= 0.6 is 33.3 Å². The van der Waals surface area contributed by atoms with Crippen LogP contribution in [-0.4, -0.2) is 76.4 Å². The van der Waals surface area contributed by atoms with Gasteiger partial charge >= 0.3 is 12.1 Å². The summed E-state index contributed by atoms with van der Waals surface area (Å²) in [5.41, 5.74) is 0. The van der Waals surface area contributed by atoms with Crippen LogP contribution in [0.15, 0.2) is 0 Å². The van der Waals surface area contributed by atoms with Crippen molar-refractivity contribution in [3.05, 3.63) is 0 Å². The number of nitrogens with zero attached hydrogens (tertiary/aromatic N) is 1. The molecule has 43 heavy (non-hydrogen) atoms. The van der Waals surface area contributed by atoms with Crippen molar-refractivity contribution in [2.75, 3.05) is 30.4 Å². The summed E-state index contributed by atoms with van der Waals surface area (Å²) in [7, 11) is 3.83. The van der Waals surface area contributed by atoms with Gasteiger partial charge < -0.3 is 20.2 Å². The number of nitrogens with one attached hydrogen (secondary N) is 2. The SMILES string of the molecule is O=C(CCSC(=O)C(CC(=O)ON1C(=O)CCC1=O)NC(=O)OCC1C2CCC#CCCC21)NCCCCC1CSSC1. The molecule has 3 fully saturated rings. The van der Waals surface area contributed by atoms with Crippen molar-refractivity contribution in [2.45, 2.75) is 76.7 Å². The number of amides is 4. The minimum absolute atomic E-state index is 0.0644. The summed E-state index contributed by atoms with van der Waals surface area (Å²) in [6.45, 7) is 0.783.